The second-order valence-corrected chi connectivity index (χ2v) is 6.95. The highest BCUT2D eigenvalue weighted by atomic mass is 32.1. The molecule has 5 nitrogen and oxygen atoms in total. The summed E-state index contributed by atoms with van der Waals surface area (Å²) in [7, 11) is 0. The van der Waals surface area contributed by atoms with E-state index in [0.717, 1.165) is 27.5 Å². The van der Waals surface area contributed by atoms with Gasteiger partial charge >= 0.3 is 18.0 Å². The number of benzene rings is 1. The highest BCUT2D eigenvalue weighted by Crippen LogP contribution is 2.34. The maximum absolute atomic E-state index is 12.9. The molecule has 2 amide bonds. The van der Waals surface area contributed by atoms with Crippen molar-refractivity contribution in [2.24, 2.45) is 0 Å². The van der Waals surface area contributed by atoms with Gasteiger partial charge in [0.15, 0.2) is 0 Å². The van der Waals surface area contributed by atoms with Gasteiger partial charge < -0.3 is 15.1 Å². The molecule has 2 heterocycles. The van der Waals surface area contributed by atoms with E-state index in [4.69, 9.17) is 4.42 Å². The Morgan fingerprint density at radius 1 is 1.04 bits per heavy atom. The molecule has 0 radical (unpaired) electrons. The molecule has 28 heavy (non-hydrogen) atoms. The van der Waals surface area contributed by atoms with Crippen LogP contribution in [0.15, 0.2) is 59.4 Å². The van der Waals surface area contributed by atoms with Gasteiger partial charge in [-0.05, 0) is 36.8 Å². The SMILES string of the molecule is O=C(NCCc1ccc(-c2ccoc2)s1)C(=O)Nc1ccccc1C(F)(F)F. The van der Waals surface area contributed by atoms with Gasteiger partial charge in [0, 0.05) is 21.9 Å². The van der Waals surface area contributed by atoms with Crippen LogP contribution in [0.5, 0.6) is 0 Å². The average Bonchev–Trinajstić information content (AvgIpc) is 3.32. The number of furan rings is 1. The van der Waals surface area contributed by atoms with Gasteiger partial charge in [-0.2, -0.15) is 13.2 Å². The number of para-hydroxylation sites is 1. The molecule has 0 aliphatic heterocycles. The van der Waals surface area contributed by atoms with Gasteiger partial charge in [0.25, 0.3) is 0 Å². The van der Waals surface area contributed by atoms with Crippen molar-refractivity contribution < 1.29 is 27.2 Å². The van der Waals surface area contributed by atoms with Crippen LogP contribution in [-0.2, 0) is 22.2 Å². The molecule has 0 spiro atoms. The Balaban J connectivity index is 1.52. The van der Waals surface area contributed by atoms with Crippen LogP contribution in [0, 0.1) is 0 Å². The lowest BCUT2D eigenvalue weighted by Gasteiger charge is -2.13. The molecule has 0 bridgehead atoms. The molecule has 9 heteroatoms. The van der Waals surface area contributed by atoms with Crippen LogP contribution in [0.2, 0.25) is 0 Å². The number of hydrogen-bond donors (Lipinski definition) is 2. The van der Waals surface area contributed by atoms with Gasteiger partial charge in [-0.1, -0.05) is 12.1 Å². The Kier molecular flexibility index (Phi) is 5.84. The van der Waals surface area contributed by atoms with E-state index in [2.05, 4.69) is 5.32 Å². The molecule has 0 aliphatic rings. The first-order valence-corrected chi connectivity index (χ1v) is 9.03. The maximum Gasteiger partial charge on any atom is 0.418 e. The third-order valence-electron chi connectivity index (χ3n) is 3.81. The number of carbonyl (C=O) groups excluding carboxylic acids is 2. The van der Waals surface area contributed by atoms with Crippen LogP contribution in [0.1, 0.15) is 10.4 Å². The number of hydrogen-bond acceptors (Lipinski definition) is 4. The molecular formula is C19H15F3N2O3S. The normalized spacial score (nSPS) is 11.2. The molecular weight excluding hydrogens is 393 g/mol. The molecule has 0 fully saturated rings. The molecule has 0 aliphatic carbocycles. The van der Waals surface area contributed by atoms with Crippen molar-refractivity contribution in [3.8, 4) is 10.4 Å². The molecule has 0 saturated carbocycles. The molecule has 3 aromatic rings. The lowest BCUT2D eigenvalue weighted by Crippen LogP contribution is -2.36. The van der Waals surface area contributed by atoms with Gasteiger partial charge in [0.1, 0.15) is 0 Å². The number of alkyl halides is 3. The van der Waals surface area contributed by atoms with Crippen LogP contribution in [0.3, 0.4) is 0 Å². The minimum Gasteiger partial charge on any atom is -0.472 e. The topological polar surface area (TPSA) is 71.3 Å². The number of rotatable bonds is 5. The fourth-order valence-electron chi connectivity index (χ4n) is 2.47. The maximum atomic E-state index is 12.9. The third kappa shape index (κ3) is 4.80. The first-order chi connectivity index (χ1) is 13.3. The largest absolute Gasteiger partial charge is 0.472 e. The van der Waals surface area contributed by atoms with E-state index >= 15 is 0 Å². The van der Waals surface area contributed by atoms with E-state index in [9.17, 15) is 22.8 Å². The van der Waals surface area contributed by atoms with E-state index in [1.54, 1.807) is 12.5 Å². The number of nitrogens with one attached hydrogen (secondary N) is 2. The van der Waals surface area contributed by atoms with Gasteiger partial charge in [-0.15, -0.1) is 11.3 Å². The summed E-state index contributed by atoms with van der Waals surface area (Å²) >= 11 is 1.52. The summed E-state index contributed by atoms with van der Waals surface area (Å²) in [4.78, 5) is 25.8. The van der Waals surface area contributed by atoms with Gasteiger partial charge in [0.05, 0.1) is 23.8 Å². The quantitative estimate of drug-likeness (QED) is 0.618. The average molecular weight is 408 g/mol. The first-order valence-electron chi connectivity index (χ1n) is 8.21. The molecule has 0 atom stereocenters. The second kappa shape index (κ2) is 8.30. The van der Waals surface area contributed by atoms with E-state index in [-0.39, 0.29) is 6.54 Å². The Labute approximate surface area is 162 Å². The molecule has 2 aromatic heterocycles. The van der Waals surface area contributed by atoms with E-state index < -0.39 is 29.2 Å². The van der Waals surface area contributed by atoms with Crippen LogP contribution in [0.25, 0.3) is 10.4 Å². The summed E-state index contributed by atoms with van der Waals surface area (Å²) < 4.78 is 43.8. The summed E-state index contributed by atoms with van der Waals surface area (Å²) in [6.07, 6.45) is -0.947. The summed E-state index contributed by atoms with van der Waals surface area (Å²) in [5.74, 6) is -2.15. The molecule has 0 saturated heterocycles. The highest BCUT2D eigenvalue weighted by Gasteiger charge is 2.34. The van der Waals surface area contributed by atoms with E-state index in [1.807, 2.05) is 23.5 Å². The Hall–Kier alpha value is -3.07. The molecule has 3 rings (SSSR count). The fraction of sp³-hybridized carbons (Fsp3) is 0.158. The number of amides is 2. The highest BCUT2D eigenvalue weighted by molar-refractivity contribution is 7.15. The zero-order valence-electron chi connectivity index (χ0n) is 14.4. The lowest BCUT2D eigenvalue weighted by molar-refractivity contribution is -0.138. The molecule has 146 valence electrons. The summed E-state index contributed by atoms with van der Waals surface area (Å²) in [5, 5.41) is 4.42. The van der Waals surface area contributed by atoms with Crippen molar-refractivity contribution >= 4 is 28.8 Å². The predicted molar refractivity (Wildman–Crippen MR) is 98.8 cm³/mol. The number of thiophene rings is 1. The van der Waals surface area contributed by atoms with Crippen molar-refractivity contribution in [1.29, 1.82) is 0 Å². The van der Waals surface area contributed by atoms with Crippen molar-refractivity contribution in [3.05, 3.63) is 65.4 Å². The fourth-order valence-corrected chi connectivity index (χ4v) is 3.46. The van der Waals surface area contributed by atoms with Gasteiger partial charge in [-0.25, -0.2) is 0 Å². The Morgan fingerprint density at radius 3 is 2.54 bits per heavy atom. The minimum absolute atomic E-state index is 0.179. The van der Waals surface area contributed by atoms with Gasteiger partial charge in [-0.3, -0.25) is 9.59 Å². The summed E-state index contributed by atoms with van der Waals surface area (Å²) in [6, 6.07) is 10.1. The molecule has 2 N–H and O–H groups in total. The van der Waals surface area contributed by atoms with Crippen LogP contribution in [-0.4, -0.2) is 18.4 Å². The number of carbonyl (C=O) groups is 2. The Bertz CT molecular complexity index is 965. The zero-order valence-corrected chi connectivity index (χ0v) is 15.2. The first kappa shape index (κ1) is 19.7. The van der Waals surface area contributed by atoms with Crippen LogP contribution >= 0.6 is 11.3 Å². The minimum atomic E-state index is -4.63. The van der Waals surface area contributed by atoms with Crippen molar-refractivity contribution in [2.75, 3.05) is 11.9 Å². The van der Waals surface area contributed by atoms with Crippen LogP contribution in [0.4, 0.5) is 18.9 Å². The second-order valence-electron chi connectivity index (χ2n) is 5.78. The molecule has 0 unspecified atom stereocenters. The lowest BCUT2D eigenvalue weighted by atomic mass is 10.1. The van der Waals surface area contributed by atoms with Crippen molar-refractivity contribution in [2.45, 2.75) is 12.6 Å². The van der Waals surface area contributed by atoms with E-state index in [0.29, 0.717) is 6.42 Å². The monoisotopic (exact) mass is 408 g/mol. The van der Waals surface area contributed by atoms with Crippen molar-refractivity contribution in [1.82, 2.24) is 5.32 Å². The number of halogens is 3. The van der Waals surface area contributed by atoms with Gasteiger partial charge in [0.2, 0.25) is 0 Å². The van der Waals surface area contributed by atoms with Crippen LogP contribution < -0.4 is 10.6 Å². The van der Waals surface area contributed by atoms with E-state index in [1.165, 1.54) is 23.5 Å². The smallest absolute Gasteiger partial charge is 0.418 e. The molecule has 1 aromatic carbocycles. The number of anilines is 1. The third-order valence-corrected chi connectivity index (χ3v) is 5.01. The van der Waals surface area contributed by atoms with Crippen molar-refractivity contribution in [3.63, 3.8) is 0 Å². The standard InChI is InChI=1S/C19H15F3N2O3S/c20-19(21,22)14-3-1-2-4-15(14)24-18(26)17(25)23-9-7-13-5-6-16(28-13)12-8-10-27-11-12/h1-6,8,10-11H,7,9H2,(H,23,25)(H,24,26). The zero-order chi connectivity index (χ0) is 20.1. The summed E-state index contributed by atoms with van der Waals surface area (Å²) in [5.41, 5.74) is -0.525. The predicted octanol–water partition coefficient (Wildman–Crippen LogP) is 4.32. The summed E-state index contributed by atoms with van der Waals surface area (Å²) in [6.45, 7) is 0.179. The Morgan fingerprint density at radius 2 is 1.82 bits per heavy atom.